The van der Waals surface area contributed by atoms with E-state index in [2.05, 4.69) is 57.3 Å². The molecule has 0 saturated heterocycles. The number of aliphatic imine (C=N–C) groups is 2. The van der Waals surface area contributed by atoms with E-state index >= 15 is 0 Å². The van der Waals surface area contributed by atoms with Crippen LogP contribution in [0.4, 0.5) is 5.69 Å². The summed E-state index contributed by atoms with van der Waals surface area (Å²) in [5.41, 5.74) is 13.7. The van der Waals surface area contributed by atoms with Gasteiger partial charge < -0.3 is 27.4 Å². The summed E-state index contributed by atoms with van der Waals surface area (Å²) in [6.45, 7) is 0.399. The quantitative estimate of drug-likeness (QED) is 0.175. The van der Waals surface area contributed by atoms with Crippen molar-refractivity contribution in [1.29, 1.82) is 0 Å². The van der Waals surface area contributed by atoms with Crippen molar-refractivity contribution in [3.05, 3.63) is 77.9 Å². The van der Waals surface area contributed by atoms with Crippen LogP contribution in [0.1, 0.15) is 75.3 Å². The number of carbonyl (C=O) groups excluding carboxylic acids is 1. The predicted octanol–water partition coefficient (Wildman–Crippen LogP) is 5.36. The van der Waals surface area contributed by atoms with E-state index in [9.17, 15) is 4.79 Å². The van der Waals surface area contributed by atoms with Gasteiger partial charge in [-0.25, -0.2) is 9.98 Å². The first-order valence-corrected chi connectivity index (χ1v) is 15.6. The van der Waals surface area contributed by atoms with Gasteiger partial charge in [0.25, 0.3) is 0 Å². The summed E-state index contributed by atoms with van der Waals surface area (Å²) in [5.74, 6) is 0.728. The van der Waals surface area contributed by atoms with Crippen LogP contribution in [-0.2, 0) is 17.8 Å². The molecule has 3 aromatic carbocycles. The molecule has 7 N–H and O–H groups in total. The van der Waals surface area contributed by atoms with Crippen LogP contribution in [0, 0.1) is 0 Å². The smallest absolute Gasteiger partial charge is 0.247 e. The van der Waals surface area contributed by atoms with Crippen molar-refractivity contribution in [2.75, 3.05) is 5.32 Å². The van der Waals surface area contributed by atoms with E-state index in [0.717, 1.165) is 48.5 Å². The van der Waals surface area contributed by atoms with Crippen LogP contribution in [0.5, 0.6) is 0 Å². The number of fused-ring (bicyclic) bond motifs is 1. The molecule has 2 aliphatic carbocycles. The molecule has 3 aromatic rings. The molecule has 0 spiro atoms. The zero-order valence-electron chi connectivity index (χ0n) is 24.5. The number of amides is 1. The summed E-state index contributed by atoms with van der Waals surface area (Å²) in [6, 6.07) is 22.6. The molecular formula is C34H45N7O. The van der Waals surface area contributed by atoms with Crippen molar-refractivity contribution in [2.45, 2.75) is 95.3 Å². The lowest BCUT2D eigenvalue weighted by molar-refractivity contribution is -0.117. The molecule has 1 atom stereocenters. The monoisotopic (exact) mass is 567 g/mol. The van der Waals surface area contributed by atoms with Gasteiger partial charge in [0, 0.05) is 18.2 Å². The van der Waals surface area contributed by atoms with Crippen LogP contribution in [0.3, 0.4) is 0 Å². The van der Waals surface area contributed by atoms with Crippen LogP contribution < -0.4 is 27.4 Å². The number of hydrogen-bond donors (Lipinski definition) is 5. The fraction of sp³-hybridized carbons (Fsp3) is 0.441. The molecule has 2 aliphatic rings. The van der Waals surface area contributed by atoms with Gasteiger partial charge >= 0.3 is 0 Å². The molecule has 42 heavy (non-hydrogen) atoms. The molecule has 0 aromatic heterocycles. The van der Waals surface area contributed by atoms with Crippen molar-refractivity contribution in [3.63, 3.8) is 0 Å². The summed E-state index contributed by atoms with van der Waals surface area (Å²) < 4.78 is 0. The Hall–Kier alpha value is -4.07. The molecule has 2 fully saturated rings. The van der Waals surface area contributed by atoms with Gasteiger partial charge in [0.15, 0.2) is 11.9 Å². The number of benzene rings is 3. The Morgan fingerprint density at radius 3 is 2.19 bits per heavy atom. The Kier molecular flexibility index (Phi) is 10.3. The summed E-state index contributed by atoms with van der Waals surface area (Å²) in [7, 11) is 0. The van der Waals surface area contributed by atoms with Gasteiger partial charge in [-0.3, -0.25) is 4.79 Å². The van der Waals surface area contributed by atoms with Crippen molar-refractivity contribution in [1.82, 2.24) is 10.6 Å². The molecule has 222 valence electrons. The number of carbonyl (C=O) groups is 1. The zero-order chi connectivity index (χ0) is 29.1. The highest BCUT2D eigenvalue weighted by Crippen LogP contribution is 2.22. The molecule has 8 nitrogen and oxygen atoms in total. The fourth-order valence-corrected chi connectivity index (χ4v) is 6.03. The van der Waals surface area contributed by atoms with Crippen molar-refractivity contribution < 1.29 is 4.79 Å². The Balaban J connectivity index is 1.38. The standard InChI is InChI=1S/C34H45N7O/c35-33(36)37-23-24-16-19-30(20-17-24)38-32(42)31(22-25-15-18-26-9-7-8-10-27(26)21-25)41-34(39-28-11-3-1-4-12-28)40-29-13-5-2-6-14-29/h7-10,15-21,28-29,31H,1-6,11-14,22-23H2,(H,38,42)(H4,35,36,37)(H2,39,40,41)/t31-/m1/s1. The average molecular weight is 568 g/mol. The molecule has 0 heterocycles. The number of nitrogens with one attached hydrogen (secondary N) is 3. The third-order valence-electron chi connectivity index (χ3n) is 8.38. The van der Waals surface area contributed by atoms with Gasteiger partial charge in [0.2, 0.25) is 5.91 Å². The van der Waals surface area contributed by atoms with Gasteiger partial charge in [0.1, 0.15) is 6.04 Å². The Labute approximate surface area is 249 Å². The number of anilines is 1. The van der Waals surface area contributed by atoms with E-state index in [1.807, 2.05) is 30.3 Å². The van der Waals surface area contributed by atoms with E-state index in [1.54, 1.807) is 0 Å². The molecule has 8 heteroatoms. The minimum absolute atomic E-state index is 0.0579. The molecule has 5 rings (SSSR count). The lowest BCUT2D eigenvalue weighted by atomic mass is 9.95. The van der Waals surface area contributed by atoms with Crippen LogP contribution in [-0.4, -0.2) is 36.0 Å². The largest absolute Gasteiger partial charge is 0.370 e. The molecule has 0 bridgehead atoms. The highest BCUT2D eigenvalue weighted by atomic mass is 16.2. The summed E-state index contributed by atoms with van der Waals surface area (Å²) >= 11 is 0. The predicted molar refractivity (Wildman–Crippen MR) is 173 cm³/mol. The second-order valence-corrected chi connectivity index (χ2v) is 11.8. The summed E-state index contributed by atoms with van der Waals surface area (Å²) in [5, 5.41) is 12.8. The topological polar surface area (TPSA) is 130 Å². The minimum atomic E-state index is -0.508. The lowest BCUT2D eigenvalue weighted by Gasteiger charge is -2.29. The molecule has 1 amide bonds. The third-order valence-corrected chi connectivity index (χ3v) is 8.38. The zero-order valence-corrected chi connectivity index (χ0v) is 24.5. The number of guanidine groups is 2. The summed E-state index contributed by atoms with van der Waals surface area (Å²) in [6.07, 6.45) is 12.5. The van der Waals surface area contributed by atoms with E-state index < -0.39 is 6.04 Å². The summed E-state index contributed by atoms with van der Waals surface area (Å²) in [4.78, 5) is 23.1. The highest BCUT2D eigenvalue weighted by molar-refractivity contribution is 5.98. The molecule has 2 saturated carbocycles. The molecule has 0 radical (unpaired) electrons. The maximum absolute atomic E-state index is 13.9. The maximum Gasteiger partial charge on any atom is 0.247 e. The van der Waals surface area contributed by atoms with Crippen LogP contribution in [0.25, 0.3) is 10.8 Å². The normalized spacial score (nSPS) is 17.4. The van der Waals surface area contributed by atoms with Crippen molar-refractivity contribution in [2.24, 2.45) is 21.5 Å². The van der Waals surface area contributed by atoms with Crippen molar-refractivity contribution in [3.8, 4) is 0 Å². The first kappa shape index (κ1) is 29.4. The first-order chi connectivity index (χ1) is 20.5. The third kappa shape index (κ3) is 8.71. The Morgan fingerprint density at radius 1 is 0.810 bits per heavy atom. The van der Waals surface area contributed by atoms with E-state index in [0.29, 0.717) is 25.0 Å². The second kappa shape index (κ2) is 14.7. The minimum Gasteiger partial charge on any atom is -0.370 e. The second-order valence-electron chi connectivity index (χ2n) is 11.8. The fourth-order valence-electron chi connectivity index (χ4n) is 6.03. The number of nitrogens with zero attached hydrogens (tertiary/aromatic N) is 2. The van der Waals surface area contributed by atoms with Gasteiger partial charge in [0.05, 0.1) is 12.6 Å². The van der Waals surface area contributed by atoms with E-state index in [-0.39, 0.29) is 11.9 Å². The molecular weight excluding hydrogens is 522 g/mol. The Bertz CT molecular complexity index is 1370. The van der Waals surface area contributed by atoms with Crippen molar-refractivity contribution >= 4 is 34.3 Å². The maximum atomic E-state index is 13.9. The van der Waals surface area contributed by atoms with Gasteiger partial charge in [-0.15, -0.1) is 0 Å². The first-order valence-electron chi connectivity index (χ1n) is 15.6. The van der Waals surface area contributed by atoms with Gasteiger partial charge in [-0.05, 0) is 59.7 Å². The molecule has 0 aliphatic heterocycles. The van der Waals surface area contributed by atoms with E-state index in [1.165, 1.54) is 49.3 Å². The number of hydrogen-bond acceptors (Lipinski definition) is 3. The van der Waals surface area contributed by atoms with Crippen LogP contribution >= 0.6 is 0 Å². The SMILES string of the molecule is NC(N)=NCc1ccc(NC(=O)[C@@H](Cc2ccc3ccccc3c2)NC(=NC2CCCCC2)NC2CCCCC2)cc1. The highest BCUT2D eigenvalue weighted by Gasteiger charge is 2.24. The lowest BCUT2D eigenvalue weighted by Crippen LogP contribution is -2.53. The molecule has 0 unspecified atom stereocenters. The van der Waals surface area contributed by atoms with Gasteiger partial charge in [-0.2, -0.15) is 0 Å². The number of rotatable bonds is 9. The Morgan fingerprint density at radius 2 is 1.48 bits per heavy atom. The van der Waals surface area contributed by atoms with E-state index in [4.69, 9.17) is 16.5 Å². The van der Waals surface area contributed by atoms with Crippen LogP contribution in [0.2, 0.25) is 0 Å². The number of nitrogens with two attached hydrogens (primary N) is 2. The van der Waals surface area contributed by atoms with Gasteiger partial charge in [-0.1, -0.05) is 93.1 Å². The van der Waals surface area contributed by atoms with Crippen LogP contribution in [0.15, 0.2) is 76.7 Å². The average Bonchev–Trinajstić information content (AvgIpc) is 3.01.